The average molecular weight is 536 g/mol. The van der Waals surface area contributed by atoms with Gasteiger partial charge in [0.05, 0.1) is 4.91 Å². The van der Waals surface area contributed by atoms with Crippen LogP contribution in [-0.2, 0) is 16.1 Å². The Morgan fingerprint density at radius 3 is 2.56 bits per heavy atom. The quantitative estimate of drug-likeness (QED) is 0.280. The molecule has 1 N–H and O–H groups in total. The number of para-hydroxylation sites is 1. The molecule has 3 amide bonds. The fraction of sp³-hybridized carbons (Fsp3) is 0.0741. The zero-order valence-electron chi connectivity index (χ0n) is 18.8. The monoisotopic (exact) mass is 535 g/mol. The Labute approximate surface area is 221 Å². The van der Waals surface area contributed by atoms with E-state index in [2.05, 4.69) is 9.88 Å². The van der Waals surface area contributed by atoms with Crippen LogP contribution in [-0.4, -0.2) is 33.1 Å². The van der Waals surface area contributed by atoms with Crippen LogP contribution < -0.4 is 5.32 Å². The minimum absolute atomic E-state index is 0.260. The number of hydrogen-bond acceptors (Lipinski definition) is 4. The molecule has 0 spiro atoms. The van der Waals surface area contributed by atoms with Crippen LogP contribution in [0.5, 0.6) is 0 Å². The SMILES string of the molecule is O=C(CN1C(=O)S/C(=C/c2cn(Cc3ccccc3Cl)c3ccccc23)C1=O)Nc1cccc(Cl)c1. The van der Waals surface area contributed by atoms with Gasteiger partial charge in [0.15, 0.2) is 0 Å². The van der Waals surface area contributed by atoms with E-state index in [0.29, 0.717) is 22.3 Å². The molecule has 1 fully saturated rings. The van der Waals surface area contributed by atoms with E-state index in [4.69, 9.17) is 23.2 Å². The number of amides is 3. The van der Waals surface area contributed by atoms with Gasteiger partial charge in [-0.3, -0.25) is 19.3 Å². The van der Waals surface area contributed by atoms with E-state index in [9.17, 15) is 14.4 Å². The number of fused-ring (bicyclic) bond motifs is 1. The summed E-state index contributed by atoms with van der Waals surface area (Å²) in [6.45, 7) is 0.169. The lowest BCUT2D eigenvalue weighted by Crippen LogP contribution is -2.36. The molecule has 9 heteroatoms. The molecule has 0 bridgehead atoms. The van der Waals surface area contributed by atoms with Gasteiger partial charge in [0.2, 0.25) is 5.91 Å². The van der Waals surface area contributed by atoms with Crippen molar-refractivity contribution in [3.05, 3.63) is 105 Å². The van der Waals surface area contributed by atoms with Crippen LogP contribution >= 0.6 is 35.0 Å². The molecule has 1 aliphatic heterocycles. The number of aromatic nitrogens is 1. The number of hydrogen-bond donors (Lipinski definition) is 1. The fourth-order valence-electron chi connectivity index (χ4n) is 4.02. The maximum Gasteiger partial charge on any atom is 0.294 e. The minimum Gasteiger partial charge on any atom is -0.342 e. The molecule has 0 atom stereocenters. The van der Waals surface area contributed by atoms with Crippen molar-refractivity contribution < 1.29 is 14.4 Å². The predicted octanol–water partition coefficient (Wildman–Crippen LogP) is 6.67. The molecular formula is C27H19Cl2N3O3S. The van der Waals surface area contributed by atoms with Crippen molar-refractivity contribution in [3.8, 4) is 0 Å². The zero-order valence-corrected chi connectivity index (χ0v) is 21.1. The van der Waals surface area contributed by atoms with E-state index in [1.807, 2.05) is 54.7 Å². The Kier molecular flexibility index (Phi) is 6.87. The second kappa shape index (κ2) is 10.2. The van der Waals surface area contributed by atoms with Gasteiger partial charge in [-0.2, -0.15) is 0 Å². The summed E-state index contributed by atoms with van der Waals surface area (Å²) in [6.07, 6.45) is 3.64. The lowest BCUT2D eigenvalue weighted by molar-refractivity contribution is -0.127. The molecule has 0 unspecified atom stereocenters. The Bertz CT molecular complexity index is 1550. The molecule has 1 aliphatic rings. The molecule has 6 nitrogen and oxygen atoms in total. The van der Waals surface area contributed by atoms with Gasteiger partial charge < -0.3 is 9.88 Å². The lowest BCUT2D eigenvalue weighted by Gasteiger charge is -2.12. The van der Waals surface area contributed by atoms with Crippen LogP contribution in [0.4, 0.5) is 10.5 Å². The van der Waals surface area contributed by atoms with Crippen molar-refractivity contribution >= 4 is 74.7 Å². The number of imide groups is 1. The van der Waals surface area contributed by atoms with E-state index in [1.54, 1.807) is 30.3 Å². The van der Waals surface area contributed by atoms with Crippen LogP contribution in [0.1, 0.15) is 11.1 Å². The highest BCUT2D eigenvalue weighted by atomic mass is 35.5. The molecule has 5 rings (SSSR count). The molecular weight excluding hydrogens is 517 g/mol. The third-order valence-electron chi connectivity index (χ3n) is 5.69. The summed E-state index contributed by atoms with van der Waals surface area (Å²) < 4.78 is 2.06. The number of nitrogens with zero attached hydrogens (tertiary/aromatic N) is 2. The number of carbonyl (C=O) groups is 3. The average Bonchev–Trinajstić information content (AvgIpc) is 3.32. The predicted molar refractivity (Wildman–Crippen MR) is 145 cm³/mol. The fourth-order valence-corrected chi connectivity index (χ4v) is 5.23. The normalized spacial score (nSPS) is 14.7. The first kappa shape index (κ1) is 24.2. The molecule has 180 valence electrons. The van der Waals surface area contributed by atoms with Gasteiger partial charge in [0, 0.05) is 44.9 Å². The van der Waals surface area contributed by atoms with Crippen molar-refractivity contribution in [1.29, 1.82) is 0 Å². The summed E-state index contributed by atoms with van der Waals surface area (Å²) in [5.41, 5.74) is 3.23. The molecule has 2 heterocycles. The molecule has 1 saturated heterocycles. The molecule has 36 heavy (non-hydrogen) atoms. The van der Waals surface area contributed by atoms with Gasteiger partial charge in [-0.1, -0.05) is 65.7 Å². The summed E-state index contributed by atoms with van der Waals surface area (Å²) in [7, 11) is 0. The van der Waals surface area contributed by atoms with E-state index < -0.39 is 17.1 Å². The zero-order chi connectivity index (χ0) is 25.2. The summed E-state index contributed by atoms with van der Waals surface area (Å²) in [6, 6.07) is 22.1. The maximum absolute atomic E-state index is 13.0. The Hall–Kier alpha value is -3.52. The highest BCUT2D eigenvalue weighted by Gasteiger charge is 2.36. The minimum atomic E-state index is -0.505. The van der Waals surface area contributed by atoms with E-state index in [1.165, 1.54) is 0 Å². The molecule has 1 aromatic heterocycles. The number of benzene rings is 3. The number of halogens is 2. The van der Waals surface area contributed by atoms with Crippen molar-refractivity contribution in [1.82, 2.24) is 9.47 Å². The first-order valence-corrected chi connectivity index (χ1v) is 12.6. The third kappa shape index (κ3) is 5.04. The van der Waals surface area contributed by atoms with E-state index in [-0.39, 0.29) is 11.4 Å². The summed E-state index contributed by atoms with van der Waals surface area (Å²) in [5, 5.41) is 4.25. The molecule has 4 aromatic rings. The van der Waals surface area contributed by atoms with Gasteiger partial charge in [-0.25, -0.2) is 0 Å². The number of rotatable bonds is 6. The number of carbonyl (C=O) groups excluding carboxylic acids is 3. The van der Waals surface area contributed by atoms with Crippen LogP contribution in [0, 0.1) is 0 Å². The van der Waals surface area contributed by atoms with Crippen LogP contribution in [0.15, 0.2) is 83.9 Å². The first-order valence-electron chi connectivity index (χ1n) is 11.0. The highest BCUT2D eigenvalue weighted by Crippen LogP contribution is 2.34. The summed E-state index contributed by atoms with van der Waals surface area (Å²) in [4.78, 5) is 39.3. The second-order valence-electron chi connectivity index (χ2n) is 8.15. The van der Waals surface area contributed by atoms with Gasteiger partial charge >= 0.3 is 0 Å². The van der Waals surface area contributed by atoms with Gasteiger partial charge in [-0.15, -0.1) is 0 Å². The smallest absolute Gasteiger partial charge is 0.294 e. The van der Waals surface area contributed by atoms with Crippen LogP contribution in [0.25, 0.3) is 17.0 Å². The topological polar surface area (TPSA) is 71.4 Å². The largest absolute Gasteiger partial charge is 0.342 e. The van der Waals surface area contributed by atoms with Crippen molar-refractivity contribution in [2.45, 2.75) is 6.54 Å². The number of thioether (sulfide) groups is 1. The van der Waals surface area contributed by atoms with Crippen molar-refractivity contribution in [3.63, 3.8) is 0 Å². The van der Waals surface area contributed by atoms with E-state index in [0.717, 1.165) is 38.7 Å². The molecule has 0 saturated carbocycles. The van der Waals surface area contributed by atoms with Crippen LogP contribution in [0.3, 0.4) is 0 Å². The Morgan fingerprint density at radius 1 is 0.972 bits per heavy atom. The standard InChI is InChI=1S/C27H19Cl2N3O3S/c28-19-7-5-8-20(13-19)30-25(33)16-32-26(34)24(36-27(32)35)12-18-15-31(23-11-4-2-9-21(18)23)14-17-6-1-3-10-22(17)29/h1-13,15H,14,16H2,(H,30,33)/b24-12+. The van der Waals surface area contributed by atoms with Gasteiger partial charge in [0.1, 0.15) is 6.54 Å². The summed E-state index contributed by atoms with van der Waals surface area (Å²) in [5.74, 6) is -0.994. The van der Waals surface area contributed by atoms with E-state index >= 15 is 0 Å². The van der Waals surface area contributed by atoms with Crippen molar-refractivity contribution in [2.24, 2.45) is 0 Å². The number of anilines is 1. The maximum atomic E-state index is 13.0. The lowest BCUT2D eigenvalue weighted by atomic mass is 10.1. The highest BCUT2D eigenvalue weighted by molar-refractivity contribution is 8.18. The summed E-state index contributed by atoms with van der Waals surface area (Å²) >= 11 is 13.1. The van der Waals surface area contributed by atoms with Gasteiger partial charge in [-0.05, 0) is 53.7 Å². The number of nitrogens with one attached hydrogen (secondary N) is 1. The van der Waals surface area contributed by atoms with Crippen molar-refractivity contribution in [2.75, 3.05) is 11.9 Å². The molecule has 0 radical (unpaired) electrons. The third-order valence-corrected chi connectivity index (χ3v) is 7.20. The van der Waals surface area contributed by atoms with Crippen LogP contribution in [0.2, 0.25) is 10.0 Å². The molecule has 3 aromatic carbocycles. The van der Waals surface area contributed by atoms with Gasteiger partial charge in [0.25, 0.3) is 11.1 Å². The Balaban J connectivity index is 1.38. The Morgan fingerprint density at radius 2 is 1.75 bits per heavy atom. The second-order valence-corrected chi connectivity index (χ2v) is 9.98. The molecule has 0 aliphatic carbocycles. The first-order chi connectivity index (χ1) is 17.4.